The Morgan fingerprint density at radius 2 is 2.00 bits per heavy atom. The number of carboxylic acid groups (broad SMARTS) is 1. The molecule has 110 valence electrons. The van der Waals surface area contributed by atoms with Gasteiger partial charge in [-0.15, -0.1) is 0 Å². The molecule has 5 nitrogen and oxygen atoms in total. The molecular weight excluding hydrogens is 315 g/mol. The second-order valence-corrected chi connectivity index (χ2v) is 5.36. The molecule has 0 fully saturated rings. The number of aromatic carboxylic acids is 1. The maximum absolute atomic E-state index is 12.0. The van der Waals surface area contributed by atoms with E-state index in [9.17, 15) is 14.7 Å². The molecule has 2 aromatic rings. The Hall–Kier alpha value is -1.98. The highest BCUT2D eigenvalue weighted by Gasteiger charge is 2.17. The van der Waals surface area contributed by atoms with Gasteiger partial charge in [-0.25, -0.2) is 4.79 Å². The molecule has 0 aliphatic heterocycles. The zero-order chi connectivity index (χ0) is 15.7. The molecule has 2 rings (SSSR count). The number of benzene rings is 1. The molecule has 0 bridgehead atoms. The maximum Gasteiger partial charge on any atom is 0.339 e. The van der Waals surface area contributed by atoms with Crippen molar-refractivity contribution in [3.63, 3.8) is 0 Å². The standard InChI is InChI=1S/C14H12Cl2N2O3/c1-7-12(9(14(20)21)6-18(2)13(7)19)17-11-4-3-8(15)5-10(11)16/h3-6,17H,1-2H3,(H,20,21). The van der Waals surface area contributed by atoms with E-state index in [0.717, 1.165) is 0 Å². The number of hydrogen-bond donors (Lipinski definition) is 2. The summed E-state index contributed by atoms with van der Waals surface area (Å²) in [4.78, 5) is 23.3. The van der Waals surface area contributed by atoms with Crippen molar-refractivity contribution in [2.24, 2.45) is 7.05 Å². The highest BCUT2D eigenvalue weighted by molar-refractivity contribution is 6.36. The number of pyridine rings is 1. The molecule has 0 unspecified atom stereocenters. The summed E-state index contributed by atoms with van der Waals surface area (Å²) in [5, 5.41) is 13.0. The van der Waals surface area contributed by atoms with E-state index in [-0.39, 0.29) is 16.8 Å². The van der Waals surface area contributed by atoms with Gasteiger partial charge in [0.15, 0.2) is 0 Å². The molecule has 0 spiro atoms. The molecule has 0 aliphatic rings. The molecule has 1 aromatic heterocycles. The number of hydrogen-bond acceptors (Lipinski definition) is 3. The van der Waals surface area contributed by atoms with Crippen LogP contribution in [-0.2, 0) is 7.05 Å². The lowest BCUT2D eigenvalue weighted by atomic mass is 10.1. The minimum atomic E-state index is -1.14. The van der Waals surface area contributed by atoms with Gasteiger partial charge in [0.2, 0.25) is 0 Å². The van der Waals surface area contributed by atoms with E-state index in [4.69, 9.17) is 23.2 Å². The summed E-state index contributed by atoms with van der Waals surface area (Å²) in [6.45, 7) is 1.56. The molecule has 2 N–H and O–H groups in total. The van der Waals surface area contributed by atoms with Crippen LogP contribution >= 0.6 is 23.2 Å². The van der Waals surface area contributed by atoms with E-state index in [1.54, 1.807) is 19.1 Å². The zero-order valence-electron chi connectivity index (χ0n) is 11.3. The number of halogens is 2. The third kappa shape index (κ3) is 3.04. The normalized spacial score (nSPS) is 10.5. The van der Waals surface area contributed by atoms with Crippen LogP contribution in [0.4, 0.5) is 11.4 Å². The van der Waals surface area contributed by atoms with Crippen LogP contribution in [0, 0.1) is 6.92 Å². The number of carboxylic acids is 1. The van der Waals surface area contributed by atoms with Gasteiger partial charge >= 0.3 is 5.97 Å². The Labute approximate surface area is 130 Å². The summed E-state index contributed by atoms with van der Waals surface area (Å²) in [5.41, 5.74) is 0.686. The molecular formula is C14H12Cl2N2O3. The maximum atomic E-state index is 12.0. The van der Waals surface area contributed by atoms with E-state index in [2.05, 4.69) is 5.32 Å². The van der Waals surface area contributed by atoms with Crippen molar-refractivity contribution in [1.82, 2.24) is 4.57 Å². The average molecular weight is 327 g/mol. The van der Waals surface area contributed by atoms with Crippen molar-refractivity contribution in [3.8, 4) is 0 Å². The topological polar surface area (TPSA) is 71.3 Å². The highest BCUT2D eigenvalue weighted by Crippen LogP contribution is 2.30. The molecule has 0 aliphatic carbocycles. The summed E-state index contributed by atoms with van der Waals surface area (Å²) in [7, 11) is 1.50. The number of aryl methyl sites for hydroxylation is 1. The van der Waals surface area contributed by atoms with Crippen molar-refractivity contribution in [2.75, 3.05) is 5.32 Å². The van der Waals surface area contributed by atoms with Gasteiger partial charge in [0.1, 0.15) is 0 Å². The average Bonchev–Trinajstić information content (AvgIpc) is 2.41. The molecule has 1 aromatic carbocycles. The SMILES string of the molecule is Cc1c(Nc2ccc(Cl)cc2Cl)c(C(=O)O)cn(C)c1=O. The minimum absolute atomic E-state index is 0.0133. The van der Waals surface area contributed by atoms with Gasteiger partial charge in [-0.2, -0.15) is 0 Å². The zero-order valence-corrected chi connectivity index (χ0v) is 12.8. The van der Waals surface area contributed by atoms with Crippen molar-refractivity contribution < 1.29 is 9.90 Å². The first kappa shape index (κ1) is 15.4. The van der Waals surface area contributed by atoms with Crippen LogP contribution in [0.1, 0.15) is 15.9 Å². The second-order valence-electron chi connectivity index (χ2n) is 4.51. The third-order valence-corrected chi connectivity index (χ3v) is 3.58. The minimum Gasteiger partial charge on any atom is -0.478 e. The number of carbonyl (C=O) groups is 1. The molecule has 0 saturated heterocycles. The first-order valence-corrected chi connectivity index (χ1v) is 6.72. The molecule has 0 radical (unpaired) electrons. The Kier molecular flexibility index (Phi) is 4.25. The van der Waals surface area contributed by atoms with Crippen LogP contribution in [0.5, 0.6) is 0 Å². The summed E-state index contributed by atoms with van der Waals surface area (Å²) in [6.07, 6.45) is 1.27. The van der Waals surface area contributed by atoms with Gasteiger partial charge in [-0.1, -0.05) is 23.2 Å². The monoisotopic (exact) mass is 326 g/mol. The predicted molar refractivity (Wildman–Crippen MR) is 83.1 cm³/mol. The number of aromatic nitrogens is 1. The van der Waals surface area contributed by atoms with Crippen LogP contribution in [0.2, 0.25) is 10.0 Å². The van der Waals surface area contributed by atoms with Crippen molar-refractivity contribution >= 4 is 40.5 Å². The molecule has 1 heterocycles. The predicted octanol–water partition coefficient (Wildman–Crippen LogP) is 3.44. The number of anilines is 2. The van der Waals surface area contributed by atoms with Gasteiger partial charge in [-0.3, -0.25) is 4.79 Å². The van der Waals surface area contributed by atoms with Crippen LogP contribution in [0.15, 0.2) is 29.2 Å². The number of nitrogens with zero attached hydrogens (tertiary/aromatic N) is 1. The van der Waals surface area contributed by atoms with Crippen molar-refractivity contribution in [3.05, 3.63) is 55.9 Å². The van der Waals surface area contributed by atoms with Gasteiger partial charge < -0.3 is 15.0 Å². The first-order valence-electron chi connectivity index (χ1n) is 5.97. The lowest BCUT2D eigenvalue weighted by molar-refractivity contribution is 0.0697. The summed E-state index contributed by atoms with van der Waals surface area (Å²) >= 11 is 11.9. The van der Waals surface area contributed by atoms with E-state index >= 15 is 0 Å². The summed E-state index contributed by atoms with van der Waals surface area (Å²) in [6, 6.07) is 4.77. The second kappa shape index (κ2) is 5.79. The number of rotatable bonds is 3. The van der Waals surface area contributed by atoms with E-state index in [1.165, 1.54) is 23.9 Å². The van der Waals surface area contributed by atoms with Crippen LogP contribution in [-0.4, -0.2) is 15.6 Å². The Morgan fingerprint density at radius 3 is 2.57 bits per heavy atom. The van der Waals surface area contributed by atoms with E-state index in [1.807, 2.05) is 0 Å². The molecule has 7 heteroatoms. The van der Waals surface area contributed by atoms with Crippen LogP contribution < -0.4 is 10.9 Å². The fraction of sp³-hybridized carbons (Fsp3) is 0.143. The third-order valence-electron chi connectivity index (χ3n) is 3.03. The molecule has 0 amide bonds. The van der Waals surface area contributed by atoms with E-state index < -0.39 is 5.97 Å². The Bertz CT molecular complexity index is 785. The Morgan fingerprint density at radius 1 is 1.33 bits per heavy atom. The first-order chi connectivity index (χ1) is 9.81. The molecule has 0 saturated carbocycles. The fourth-order valence-corrected chi connectivity index (χ4v) is 2.39. The largest absolute Gasteiger partial charge is 0.478 e. The number of nitrogens with one attached hydrogen (secondary N) is 1. The van der Waals surface area contributed by atoms with Crippen LogP contribution in [0.25, 0.3) is 0 Å². The summed E-state index contributed by atoms with van der Waals surface area (Å²) in [5.74, 6) is -1.14. The summed E-state index contributed by atoms with van der Waals surface area (Å²) < 4.78 is 1.23. The van der Waals surface area contributed by atoms with Gasteiger partial charge in [0, 0.05) is 23.8 Å². The lowest BCUT2D eigenvalue weighted by Crippen LogP contribution is -2.23. The van der Waals surface area contributed by atoms with E-state index in [0.29, 0.717) is 21.3 Å². The lowest BCUT2D eigenvalue weighted by Gasteiger charge is -2.15. The molecule has 21 heavy (non-hydrogen) atoms. The smallest absolute Gasteiger partial charge is 0.339 e. The van der Waals surface area contributed by atoms with Gasteiger partial charge in [-0.05, 0) is 25.1 Å². The van der Waals surface area contributed by atoms with Crippen molar-refractivity contribution in [2.45, 2.75) is 6.92 Å². The highest BCUT2D eigenvalue weighted by atomic mass is 35.5. The van der Waals surface area contributed by atoms with Crippen molar-refractivity contribution in [1.29, 1.82) is 0 Å². The Balaban J connectivity index is 2.60. The van der Waals surface area contributed by atoms with Gasteiger partial charge in [0.05, 0.1) is 22.0 Å². The fourth-order valence-electron chi connectivity index (χ4n) is 1.94. The van der Waals surface area contributed by atoms with Gasteiger partial charge in [0.25, 0.3) is 5.56 Å². The molecule has 0 atom stereocenters. The quantitative estimate of drug-likeness (QED) is 0.906. The van der Waals surface area contributed by atoms with Crippen LogP contribution in [0.3, 0.4) is 0 Å².